The molecule has 1 aliphatic rings. The molecular formula is C7H12N2. The summed E-state index contributed by atoms with van der Waals surface area (Å²) in [6, 6.07) is 0. The molecule has 0 saturated carbocycles. The van der Waals surface area contributed by atoms with Crippen LogP contribution in [0.3, 0.4) is 0 Å². The average Bonchev–Trinajstić information content (AvgIpc) is 1.90. The van der Waals surface area contributed by atoms with Crippen LogP contribution in [0.25, 0.3) is 0 Å². The Balaban J connectivity index is 2.52. The highest BCUT2D eigenvalue weighted by Crippen LogP contribution is 2.03. The van der Waals surface area contributed by atoms with Crippen LogP contribution in [0.1, 0.15) is 6.92 Å². The van der Waals surface area contributed by atoms with Crippen LogP contribution >= 0.6 is 0 Å². The van der Waals surface area contributed by atoms with E-state index in [0.29, 0.717) is 12.5 Å². The van der Waals surface area contributed by atoms with Gasteiger partial charge in [-0.05, 0) is 12.0 Å². The van der Waals surface area contributed by atoms with Gasteiger partial charge in [0.25, 0.3) is 0 Å². The molecule has 0 aromatic carbocycles. The highest BCUT2D eigenvalue weighted by atomic mass is 14.8. The molecule has 50 valence electrons. The number of nitrogens with two attached hydrogens (primary N) is 1. The summed E-state index contributed by atoms with van der Waals surface area (Å²) in [5, 5.41) is 0. The molecule has 2 nitrogen and oxygen atoms in total. The largest absolute Gasteiger partial charge is 0.325 e. The van der Waals surface area contributed by atoms with Gasteiger partial charge >= 0.3 is 0 Å². The Morgan fingerprint density at radius 1 is 1.89 bits per heavy atom. The van der Waals surface area contributed by atoms with E-state index >= 15 is 0 Å². The molecule has 0 spiro atoms. The third kappa shape index (κ3) is 1.64. The summed E-state index contributed by atoms with van der Waals surface area (Å²) >= 11 is 0. The fourth-order valence-corrected chi connectivity index (χ4v) is 0.783. The minimum Gasteiger partial charge on any atom is -0.325 e. The molecule has 0 amide bonds. The number of dihydropyridines is 1. The number of hydrogen-bond donors (Lipinski definition) is 1. The van der Waals surface area contributed by atoms with E-state index in [2.05, 4.69) is 18.0 Å². The Hall–Kier alpha value is -0.630. The number of nitrogens with zero attached hydrogens (tertiary/aromatic N) is 1. The van der Waals surface area contributed by atoms with Crippen LogP contribution in [-0.4, -0.2) is 18.8 Å². The fraction of sp³-hybridized carbons (Fsp3) is 0.571. The second-order valence-electron chi connectivity index (χ2n) is 2.37. The van der Waals surface area contributed by atoms with Crippen LogP contribution in [0.15, 0.2) is 17.1 Å². The third-order valence-electron chi connectivity index (χ3n) is 1.41. The molecule has 0 bridgehead atoms. The maximum Gasteiger partial charge on any atom is 0.0481 e. The second kappa shape index (κ2) is 2.78. The molecule has 1 aliphatic heterocycles. The summed E-state index contributed by atoms with van der Waals surface area (Å²) in [5.41, 5.74) is 6.39. The van der Waals surface area contributed by atoms with Gasteiger partial charge in [-0.1, -0.05) is 13.0 Å². The summed E-state index contributed by atoms with van der Waals surface area (Å²) in [4.78, 5) is 4.23. The summed E-state index contributed by atoms with van der Waals surface area (Å²) in [6.07, 6.45) is 4.16. The zero-order valence-electron chi connectivity index (χ0n) is 5.67. The van der Waals surface area contributed by atoms with E-state index in [9.17, 15) is 0 Å². The van der Waals surface area contributed by atoms with Crippen LogP contribution in [0.4, 0.5) is 0 Å². The van der Waals surface area contributed by atoms with Gasteiger partial charge in [0.2, 0.25) is 0 Å². The van der Waals surface area contributed by atoms with Crippen molar-refractivity contribution in [1.29, 1.82) is 0 Å². The Kier molecular flexibility index (Phi) is 2.01. The van der Waals surface area contributed by atoms with Gasteiger partial charge in [0.15, 0.2) is 0 Å². The highest BCUT2D eigenvalue weighted by molar-refractivity contribution is 5.96. The lowest BCUT2D eigenvalue weighted by molar-refractivity contribution is 0.732. The minimum atomic E-state index is 0.573. The van der Waals surface area contributed by atoms with Crippen molar-refractivity contribution in [2.45, 2.75) is 6.92 Å². The number of hydrogen-bond acceptors (Lipinski definition) is 2. The monoisotopic (exact) mass is 124 g/mol. The van der Waals surface area contributed by atoms with Crippen molar-refractivity contribution >= 4 is 5.71 Å². The van der Waals surface area contributed by atoms with Crippen molar-refractivity contribution in [2.24, 2.45) is 16.6 Å². The fourth-order valence-electron chi connectivity index (χ4n) is 0.783. The Labute approximate surface area is 55.5 Å². The van der Waals surface area contributed by atoms with Crippen LogP contribution in [-0.2, 0) is 0 Å². The molecule has 2 heteroatoms. The van der Waals surface area contributed by atoms with Crippen LogP contribution in [0.2, 0.25) is 0 Å². The topological polar surface area (TPSA) is 38.4 Å². The van der Waals surface area contributed by atoms with Crippen LogP contribution < -0.4 is 5.73 Å². The summed E-state index contributed by atoms with van der Waals surface area (Å²) in [6.45, 7) is 3.62. The Morgan fingerprint density at radius 2 is 2.67 bits per heavy atom. The minimum absolute atomic E-state index is 0.573. The standard InChI is InChI=1S/C7H12N2/c1-6-2-3-7(4-8)9-5-6/h2-3,6H,4-5,8H2,1H3. The van der Waals surface area contributed by atoms with Gasteiger partial charge in [-0.25, -0.2) is 0 Å². The van der Waals surface area contributed by atoms with Crippen molar-refractivity contribution < 1.29 is 0 Å². The van der Waals surface area contributed by atoms with E-state index < -0.39 is 0 Å². The molecule has 1 unspecified atom stereocenters. The van der Waals surface area contributed by atoms with Crippen LogP contribution in [0, 0.1) is 5.92 Å². The summed E-state index contributed by atoms with van der Waals surface area (Å²) < 4.78 is 0. The molecule has 1 atom stereocenters. The first-order chi connectivity index (χ1) is 4.33. The van der Waals surface area contributed by atoms with Gasteiger partial charge in [0, 0.05) is 18.8 Å². The van der Waals surface area contributed by atoms with Crippen molar-refractivity contribution in [2.75, 3.05) is 13.1 Å². The van der Waals surface area contributed by atoms with E-state index in [4.69, 9.17) is 5.73 Å². The zero-order chi connectivity index (χ0) is 6.69. The molecule has 0 aliphatic carbocycles. The first kappa shape index (κ1) is 6.49. The first-order valence-electron chi connectivity index (χ1n) is 3.24. The van der Waals surface area contributed by atoms with Crippen molar-refractivity contribution in [3.05, 3.63) is 12.2 Å². The number of rotatable bonds is 1. The van der Waals surface area contributed by atoms with Crippen molar-refractivity contribution in [1.82, 2.24) is 0 Å². The van der Waals surface area contributed by atoms with Gasteiger partial charge in [-0.15, -0.1) is 0 Å². The molecule has 2 N–H and O–H groups in total. The molecule has 0 radical (unpaired) electrons. The predicted octanol–water partition coefficient (Wildman–Crippen LogP) is 0.592. The quantitative estimate of drug-likeness (QED) is 0.546. The van der Waals surface area contributed by atoms with Crippen molar-refractivity contribution in [3.63, 3.8) is 0 Å². The smallest absolute Gasteiger partial charge is 0.0481 e. The molecule has 0 fully saturated rings. The normalized spacial score (nSPS) is 26.0. The van der Waals surface area contributed by atoms with Gasteiger partial charge < -0.3 is 5.73 Å². The zero-order valence-corrected chi connectivity index (χ0v) is 5.67. The molecule has 1 heterocycles. The summed E-state index contributed by atoms with van der Waals surface area (Å²) in [5.74, 6) is 0.597. The molecule has 9 heavy (non-hydrogen) atoms. The maximum absolute atomic E-state index is 5.37. The van der Waals surface area contributed by atoms with E-state index in [1.807, 2.05) is 6.08 Å². The van der Waals surface area contributed by atoms with Gasteiger partial charge in [-0.3, -0.25) is 4.99 Å². The Morgan fingerprint density at radius 3 is 3.11 bits per heavy atom. The molecular weight excluding hydrogens is 112 g/mol. The van der Waals surface area contributed by atoms with E-state index in [0.717, 1.165) is 12.3 Å². The first-order valence-corrected chi connectivity index (χ1v) is 3.24. The third-order valence-corrected chi connectivity index (χ3v) is 1.41. The second-order valence-corrected chi connectivity index (χ2v) is 2.37. The number of aliphatic imine (C=N–C) groups is 1. The molecule has 0 aromatic rings. The SMILES string of the molecule is CC1C=CC(CN)=NC1. The maximum atomic E-state index is 5.37. The van der Waals surface area contributed by atoms with Crippen LogP contribution in [0.5, 0.6) is 0 Å². The van der Waals surface area contributed by atoms with Crippen molar-refractivity contribution in [3.8, 4) is 0 Å². The van der Waals surface area contributed by atoms with E-state index in [1.165, 1.54) is 0 Å². The molecule has 1 rings (SSSR count). The predicted molar refractivity (Wildman–Crippen MR) is 39.7 cm³/mol. The lowest BCUT2D eigenvalue weighted by Crippen LogP contribution is -2.16. The van der Waals surface area contributed by atoms with Gasteiger partial charge in [-0.2, -0.15) is 0 Å². The van der Waals surface area contributed by atoms with E-state index in [-0.39, 0.29) is 0 Å². The molecule has 0 aromatic heterocycles. The molecule has 0 saturated heterocycles. The highest BCUT2D eigenvalue weighted by Gasteiger charge is 2.01. The summed E-state index contributed by atoms with van der Waals surface area (Å²) in [7, 11) is 0. The average molecular weight is 124 g/mol. The Bertz CT molecular complexity index is 147. The van der Waals surface area contributed by atoms with Gasteiger partial charge in [0.05, 0.1) is 0 Å². The van der Waals surface area contributed by atoms with Gasteiger partial charge in [0.1, 0.15) is 0 Å². The van der Waals surface area contributed by atoms with E-state index in [1.54, 1.807) is 0 Å². The lowest BCUT2D eigenvalue weighted by atomic mass is 10.1. The lowest BCUT2D eigenvalue weighted by Gasteiger charge is -2.08.